The molecule has 2 heteroatoms. The molecule has 1 aromatic heterocycles. The molecule has 0 aliphatic heterocycles. The fourth-order valence-electron chi connectivity index (χ4n) is 1.41. The van der Waals surface area contributed by atoms with E-state index in [9.17, 15) is 4.79 Å². The first kappa shape index (κ1) is 12.2. The van der Waals surface area contributed by atoms with Crippen molar-refractivity contribution < 1.29 is 4.79 Å². The summed E-state index contributed by atoms with van der Waals surface area (Å²) in [6, 6.07) is 4.18. The Balaban J connectivity index is 2.15. The van der Waals surface area contributed by atoms with Crippen molar-refractivity contribution in [2.45, 2.75) is 39.0 Å². The van der Waals surface area contributed by atoms with Crippen molar-refractivity contribution in [2.75, 3.05) is 0 Å². The van der Waals surface area contributed by atoms with Crippen LogP contribution in [-0.2, 0) is 11.2 Å². The molecule has 0 saturated heterocycles. The predicted molar refractivity (Wildman–Crippen MR) is 66.3 cm³/mol. The molecule has 0 radical (unpaired) electrons. The number of aryl methyl sites for hydroxylation is 1. The third-order valence-electron chi connectivity index (χ3n) is 2.41. The van der Waals surface area contributed by atoms with Crippen molar-refractivity contribution in [3.05, 3.63) is 34.5 Å². The molecule has 0 aliphatic carbocycles. The van der Waals surface area contributed by atoms with Crippen molar-refractivity contribution in [3.8, 4) is 0 Å². The van der Waals surface area contributed by atoms with Crippen LogP contribution < -0.4 is 0 Å². The SMILES string of the molecule is C=C(CC)CC(=O)CCCc1cccs1. The van der Waals surface area contributed by atoms with Gasteiger partial charge in [0.25, 0.3) is 0 Å². The predicted octanol–water partition coefficient (Wildman–Crippen LogP) is 4.00. The van der Waals surface area contributed by atoms with E-state index in [0.717, 1.165) is 24.8 Å². The average Bonchev–Trinajstić information content (AvgIpc) is 2.70. The summed E-state index contributed by atoms with van der Waals surface area (Å²) < 4.78 is 0. The molecular formula is C13H18OS. The Hall–Kier alpha value is -0.890. The molecule has 1 heterocycles. The molecule has 82 valence electrons. The molecule has 0 unspecified atom stereocenters. The van der Waals surface area contributed by atoms with Crippen LogP contribution in [0.3, 0.4) is 0 Å². The highest BCUT2D eigenvalue weighted by Gasteiger charge is 2.03. The summed E-state index contributed by atoms with van der Waals surface area (Å²) in [6.45, 7) is 5.90. The van der Waals surface area contributed by atoms with E-state index >= 15 is 0 Å². The van der Waals surface area contributed by atoms with E-state index in [-0.39, 0.29) is 0 Å². The molecule has 0 aromatic carbocycles. The van der Waals surface area contributed by atoms with Crippen LogP contribution in [0.2, 0.25) is 0 Å². The standard InChI is InChI=1S/C13H18OS/c1-3-11(2)10-12(14)6-4-7-13-8-5-9-15-13/h5,8-9H,2-4,6-7,10H2,1H3. The van der Waals surface area contributed by atoms with Gasteiger partial charge < -0.3 is 0 Å². The molecular weight excluding hydrogens is 204 g/mol. The lowest BCUT2D eigenvalue weighted by Gasteiger charge is -2.01. The van der Waals surface area contributed by atoms with Crippen molar-refractivity contribution in [2.24, 2.45) is 0 Å². The number of rotatable bonds is 7. The topological polar surface area (TPSA) is 17.1 Å². The highest BCUT2D eigenvalue weighted by Crippen LogP contribution is 2.13. The Bertz CT molecular complexity index is 311. The number of carbonyl (C=O) groups excluding carboxylic acids is 1. The normalized spacial score (nSPS) is 10.2. The van der Waals surface area contributed by atoms with Crippen molar-refractivity contribution in [1.29, 1.82) is 0 Å². The lowest BCUT2D eigenvalue weighted by atomic mass is 10.0. The van der Waals surface area contributed by atoms with Crippen LogP contribution >= 0.6 is 11.3 Å². The van der Waals surface area contributed by atoms with Crippen LogP contribution in [0.25, 0.3) is 0 Å². The molecule has 0 atom stereocenters. The molecule has 0 spiro atoms. The number of ketones is 1. The lowest BCUT2D eigenvalue weighted by molar-refractivity contribution is -0.118. The van der Waals surface area contributed by atoms with Gasteiger partial charge in [0.05, 0.1) is 0 Å². The third-order valence-corrected chi connectivity index (χ3v) is 3.34. The van der Waals surface area contributed by atoms with Crippen LogP contribution in [0.5, 0.6) is 0 Å². The Morgan fingerprint density at radius 2 is 2.33 bits per heavy atom. The number of thiophene rings is 1. The Kier molecular flexibility index (Phi) is 5.33. The van der Waals surface area contributed by atoms with E-state index in [1.807, 2.05) is 6.92 Å². The van der Waals surface area contributed by atoms with E-state index in [0.29, 0.717) is 18.6 Å². The first-order chi connectivity index (χ1) is 7.22. The van der Waals surface area contributed by atoms with Gasteiger partial charge >= 0.3 is 0 Å². The van der Waals surface area contributed by atoms with E-state index < -0.39 is 0 Å². The summed E-state index contributed by atoms with van der Waals surface area (Å²) in [6.07, 6.45) is 4.17. The Morgan fingerprint density at radius 1 is 1.53 bits per heavy atom. The minimum atomic E-state index is 0.332. The van der Waals surface area contributed by atoms with E-state index in [2.05, 4.69) is 24.1 Å². The van der Waals surface area contributed by atoms with Crippen molar-refractivity contribution in [3.63, 3.8) is 0 Å². The van der Waals surface area contributed by atoms with Crippen LogP contribution in [-0.4, -0.2) is 5.78 Å². The van der Waals surface area contributed by atoms with E-state index in [4.69, 9.17) is 0 Å². The molecule has 0 aliphatic rings. The zero-order valence-corrected chi connectivity index (χ0v) is 10.1. The number of Topliss-reactive ketones (excluding diaryl/α,β-unsaturated/α-hetero) is 1. The van der Waals surface area contributed by atoms with E-state index in [1.165, 1.54) is 4.88 Å². The Morgan fingerprint density at radius 3 is 2.93 bits per heavy atom. The number of carbonyl (C=O) groups is 1. The molecule has 0 bridgehead atoms. The average molecular weight is 222 g/mol. The molecule has 1 aromatic rings. The maximum Gasteiger partial charge on any atom is 0.136 e. The lowest BCUT2D eigenvalue weighted by Crippen LogP contribution is -1.99. The van der Waals surface area contributed by atoms with Crippen molar-refractivity contribution >= 4 is 17.1 Å². The fraction of sp³-hybridized carbons (Fsp3) is 0.462. The largest absolute Gasteiger partial charge is 0.299 e. The number of allylic oxidation sites excluding steroid dienone is 1. The van der Waals surface area contributed by atoms with Gasteiger partial charge in [0.2, 0.25) is 0 Å². The molecule has 0 N–H and O–H groups in total. The first-order valence-electron chi connectivity index (χ1n) is 5.43. The first-order valence-corrected chi connectivity index (χ1v) is 6.31. The minimum Gasteiger partial charge on any atom is -0.299 e. The highest BCUT2D eigenvalue weighted by atomic mass is 32.1. The molecule has 0 fully saturated rings. The zero-order chi connectivity index (χ0) is 11.1. The Labute approximate surface area is 95.8 Å². The smallest absolute Gasteiger partial charge is 0.136 e. The maximum atomic E-state index is 11.5. The van der Waals surface area contributed by atoms with Gasteiger partial charge in [0, 0.05) is 17.7 Å². The highest BCUT2D eigenvalue weighted by molar-refractivity contribution is 7.09. The third kappa shape index (κ3) is 4.93. The summed E-state index contributed by atoms with van der Waals surface area (Å²) in [5.74, 6) is 0.332. The van der Waals surface area contributed by atoms with Gasteiger partial charge in [-0.15, -0.1) is 11.3 Å². The quantitative estimate of drug-likeness (QED) is 0.637. The van der Waals surface area contributed by atoms with Gasteiger partial charge in [0.15, 0.2) is 0 Å². The van der Waals surface area contributed by atoms with Crippen LogP contribution in [0.4, 0.5) is 0 Å². The van der Waals surface area contributed by atoms with E-state index in [1.54, 1.807) is 11.3 Å². The van der Waals surface area contributed by atoms with Gasteiger partial charge in [-0.3, -0.25) is 4.79 Å². The van der Waals surface area contributed by atoms with Gasteiger partial charge in [0.1, 0.15) is 5.78 Å². The van der Waals surface area contributed by atoms with Crippen molar-refractivity contribution in [1.82, 2.24) is 0 Å². The summed E-state index contributed by atoms with van der Waals surface area (Å²) in [7, 11) is 0. The second-order valence-corrected chi connectivity index (χ2v) is 4.78. The van der Waals surface area contributed by atoms with Crippen LogP contribution in [0, 0.1) is 0 Å². The molecule has 1 rings (SSSR count). The van der Waals surface area contributed by atoms with Gasteiger partial charge in [-0.05, 0) is 30.7 Å². The zero-order valence-electron chi connectivity index (χ0n) is 9.29. The summed E-state index contributed by atoms with van der Waals surface area (Å²) >= 11 is 1.76. The molecule has 0 amide bonds. The molecule has 15 heavy (non-hydrogen) atoms. The van der Waals surface area contributed by atoms with Gasteiger partial charge in [-0.2, -0.15) is 0 Å². The number of hydrogen-bond acceptors (Lipinski definition) is 2. The molecule has 0 saturated carbocycles. The molecule has 1 nitrogen and oxygen atoms in total. The van der Waals surface area contributed by atoms with Crippen LogP contribution in [0.15, 0.2) is 29.7 Å². The summed E-state index contributed by atoms with van der Waals surface area (Å²) in [5.41, 5.74) is 1.05. The second-order valence-electron chi connectivity index (χ2n) is 3.75. The summed E-state index contributed by atoms with van der Waals surface area (Å²) in [4.78, 5) is 12.9. The minimum absolute atomic E-state index is 0.332. The number of hydrogen-bond donors (Lipinski definition) is 0. The second kappa shape index (κ2) is 6.57. The maximum absolute atomic E-state index is 11.5. The fourth-order valence-corrected chi connectivity index (χ4v) is 2.16. The van der Waals surface area contributed by atoms with Gasteiger partial charge in [-0.1, -0.05) is 25.1 Å². The summed E-state index contributed by atoms with van der Waals surface area (Å²) in [5, 5.41) is 2.08. The monoisotopic (exact) mass is 222 g/mol. The van der Waals surface area contributed by atoms with Crippen LogP contribution in [0.1, 0.15) is 37.5 Å². The van der Waals surface area contributed by atoms with Gasteiger partial charge in [-0.25, -0.2) is 0 Å².